The van der Waals surface area contributed by atoms with E-state index in [9.17, 15) is 0 Å². The van der Waals surface area contributed by atoms with Gasteiger partial charge in [0.05, 0.1) is 6.54 Å². The maximum absolute atomic E-state index is 5.22. The maximum atomic E-state index is 5.22. The molecule has 0 atom stereocenters. The van der Waals surface area contributed by atoms with Gasteiger partial charge in [-0.1, -0.05) is 0 Å². The molecule has 10 heavy (non-hydrogen) atoms. The van der Waals surface area contributed by atoms with E-state index in [4.69, 9.17) is 4.74 Å². The molecule has 0 radical (unpaired) electrons. The molecule has 58 valence electrons. The Labute approximate surface area is 61.7 Å². The van der Waals surface area contributed by atoms with Gasteiger partial charge in [-0.25, -0.2) is 0 Å². The molecular weight excluding hydrogens is 128 g/mol. The molecule has 1 rings (SSSR count). The molecule has 0 aliphatic carbocycles. The van der Waals surface area contributed by atoms with Crippen molar-refractivity contribution in [2.45, 2.75) is 6.92 Å². The van der Waals surface area contributed by atoms with Gasteiger partial charge in [0.2, 0.25) is 0 Å². The fourth-order valence-electron chi connectivity index (χ4n) is 0.928. The van der Waals surface area contributed by atoms with Crippen molar-refractivity contribution in [1.82, 2.24) is 4.90 Å². The van der Waals surface area contributed by atoms with E-state index in [1.54, 1.807) is 0 Å². The summed E-state index contributed by atoms with van der Waals surface area (Å²) in [7, 11) is 2.05. The van der Waals surface area contributed by atoms with Crippen molar-refractivity contribution in [2.75, 3.05) is 33.4 Å². The molecule has 1 heterocycles. The second-order valence-corrected chi connectivity index (χ2v) is 2.36. The number of hydrogen-bond acceptors (Lipinski definition) is 3. The first kappa shape index (κ1) is 7.54. The van der Waals surface area contributed by atoms with Crippen LogP contribution < -0.4 is 0 Å². The lowest BCUT2D eigenvalue weighted by atomic mass is 10.5. The summed E-state index contributed by atoms with van der Waals surface area (Å²) >= 11 is 0. The molecule has 0 N–H and O–H groups in total. The first-order valence-electron chi connectivity index (χ1n) is 3.66. The van der Waals surface area contributed by atoms with E-state index in [0.717, 1.165) is 25.5 Å². The van der Waals surface area contributed by atoms with E-state index in [1.165, 1.54) is 0 Å². The van der Waals surface area contributed by atoms with Crippen molar-refractivity contribution in [3.8, 4) is 0 Å². The average Bonchev–Trinajstić information content (AvgIpc) is 2.31. The Morgan fingerprint density at radius 1 is 1.70 bits per heavy atom. The summed E-state index contributed by atoms with van der Waals surface area (Å²) < 4.78 is 5.22. The van der Waals surface area contributed by atoms with Crippen molar-refractivity contribution >= 4 is 5.84 Å². The van der Waals surface area contributed by atoms with Crippen LogP contribution in [0.2, 0.25) is 0 Å². The molecule has 0 bridgehead atoms. The van der Waals surface area contributed by atoms with Crippen molar-refractivity contribution in [3.63, 3.8) is 0 Å². The van der Waals surface area contributed by atoms with Crippen LogP contribution in [0.5, 0.6) is 0 Å². The minimum atomic E-state index is 0.674. The molecule has 0 saturated heterocycles. The Bertz CT molecular complexity index is 134. The lowest BCUT2D eigenvalue weighted by Gasteiger charge is -2.12. The van der Waals surface area contributed by atoms with Crippen molar-refractivity contribution in [3.05, 3.63) is 0 Å². The van der Waals surface area contributed by atoms with Gasteiger partial charge >= 0.3 is 0 Å². The van der Waals surface area contributed by atoms with Gasteiger partial charge in [0.1, 0.15) is 12.4 Å². The topological polar surface area (TPSA) is 24.8 Å². The Balaban J connectivity index is 2.26. The Hall–Kier alpha value is -0.570. The van der Waals surface area contributed by atoms with E-state index in [2.05, 4.69) is 9.89 Å². The third kappa shape index (κ3) is 1.70. The summed E-state index contributed by atoms with van der Waals surface area (Å²) in [6.07, 6.45) is 0. The highest BCUT2D eigenvalue weighted by Crippen LogP contribution is 1.97. The monoisotopic (exact) mass is 142 g/mol. The van der Waals surface area contributed by atoms with E-state index >= 15 is 0 Å². The van der Waals surface area contributed by atoms with Crippen LogP contribution >= 0.6 is 0 Å². The molecule has 0 aromatic heterocycles. The number of rotatable bonds is 3. The first-order valence-corrected chi connectivity index (χ1v) is 3.66. The van der Waals surface area contributed by atoms with Crippen molar-refractivity contribution in [1.29, 1.82) is 0 Å². The average molecular weight is 142 g/mol. The summed E-state index contributed by atoms with van der Waals surface area (Å²) in [6.45, 7) is 5.41. The largest absolute Gasteiger partial charge is 0.374 e. The zero-order valence-electron chi connectivity index (χ0n) is 6.63. The Kier molecular flexibility index (Phi) is 2.68. The number of aliphatic imine (C=N–C) groups is 1. The number of amidine groups is 1. The fraction of sp³-hybridized carbons (Fsp3) is 0.857. The number of likely N-dealkylation sites (N-methyl/N-ethyl adjacent to an activating group) is 1. The first-order chi connectivity index (χ1) is 4.84. The van der Waals surface area contributed by atoms with Gasteiger partial charge in [-0.3, -0.25) is 4.99 Å². The van der Waals surface area contributed by atoms with Gasteiger partial charge in [0, 0.05) is 20.2 Å². The minimum absolute atomic E-state index is 0.674. The molecule has 0 spiro atoms. The van der Waals surface area contributed by atoms with Gasteiger partial charge in [-0.05, 0) is 6.92 Å². The predicted molar refractivity (Wildman–Crippen MR) is 41.4 cm³/mol. The van der Waals surface area contributed by atoms with E-state index in [0.29, 0.717) is 6.61 Å². The summed E-state index contributed by atoms with van der Waals surface area (Å²) in [5, 5.41) is 0. The fourth-order valence-corrected chi connectivity index (χ4v) is 0.928. The van der Waals surface area contributed by atoms with Crippen molar-refractivity contribution < 1.29 is 4.74 Å². The van der Waals surface area contributed by atoms with E-state index in [1.807, 2.05) is 14.0 Å². The molecular formula is C7H14N2O. The SMILES string of the molecule is CCOCC1=NCCN1C. The highest BCUT2D eigenvalue weighted by atomic mass is 16.5. The Morgan fingerprint density at radius 3 is 3.00 bits per heavy atom. The third-order valence-electron chi connectivity index (χ3n) is 1.61. The van der Waals surface area contributed by atoms with E-state index in [-0.39, 0.29) is 0 Å². The van der Waals surface area contributed by atoms with Gasteiger partial charge in [-0.2, -0.15) is 0 Å². The number of ether oxygens (including phenoxy) is 1. The number of hydrogen-bond donors (Lipinski definition) is 0. The zero-order chi connectivity index (χ0) is 7.40. The molecule has 0 saturated carbocycles. The smallest absolute Gasteiger partial charge is 0.125 e. The molecule has 0 aromatic rings. The second kappa shape index (κ2) is 3.56. The highest BCUT2D eigenvalue weighted by Gasteiger charge is 2.10. The van der Waals surface area contributed by atoms with Crippen LogP contribution in [0.15, 0.2) is 4.99 Å². The summed E-state index contributed by atoms with van der Waals surface area (Å²) in [6, 6.07) is 0. The molecule has 3 nitrogen and oxygen atoms in total. The molecule has 0 unspecified atom stereocenters. The lowest BCUT2D eigenvalue weighted by Crippen LogP contribution is -2.26. The predicted octanol–water partition coefficient (Wildman–Crippen LogP) is 0.367. The van der Waals surface area contributed by atoms with Crippen LogP contribution in [-0.4, -0.2) is 44.1 Å². The minimum Gasteiger partial charge on any atom is -0.374 e. The Morgan fingerprint density at radius 2 is 2.50 bits per heavy atom. The number of nitrogens with zero attached hydrogens (tertiary/aromatic N) is 2. The van der Waals surface area contributed by atoms with Crippen LogP contribution in [0.1, 0.15) is 6.92 Å². The normalized spacial score (nSPS) is 17.8. The van der Waals surface area contributed by atoms with Crippen LogP contribution in [-0.2, 0) is 4.74 Å². The second-order valence-electron chi connectivity index (χ2n) is 2.36. The summed E-state index contributed by atoms with van der Waals surface area (Å²) in [4.78, 5) is 6.41. The van der Waals surface area contributed by atoms with Crippen LogP contribution in [0.4, 0.5) is 0 Å². The summed E-state index contributed by atoms with van der Waals surface area (Å²) in [5.41, 5.74) is 0. The van der Waals surface area contributed by atoms with Gasteiger partial charge < -0.3 is 9.64 Å². The molecule has 0 fully saturated rings. The molecule has 1 aliphatic heterocycles. The van der Waals surface area contributed by atoms with Crippen molar-refractivity contribution in [2.24, 2.45) is 4.99 Å². The third-order valence-corrected chi connectivity index (χ3v) is 1.61. The molecule has 0 aromatic carbocycles. The zero-order valence-corrected chi connectivity index (χ0v) is 6.63. The van der Waals surface area contributed by atoms with Crippen LogP contribution in [0.3, 0.4) is 0 Å². The highest BCUT2D eigenvalue weighted by molar-refractivity contribution is 5.84. The summed E-state index contributed by atoms with van der Waals surface area (Å²) in [5.74, 6) is 1.09. The molecule has 0 amide bonds. The quantitative estimate of drug-likeness (QED) is 0.568. The van der Waals surface area contributed by atoms with Gasteiger partial charge in [-0.15, -0.1) is 0 Å². The van der Waals surface area contributed by atoms with Gasteiger partial charge in [0.25, 0.3) is 0 Å². The lowest BCUT2D eigenvalue weighted by molar-refractivity contribution is 0.181. The van der Waals surface area contributed by atoms with E-state index < -0.39 is 0 Å². The maximum Gasteiger partial charge on any atom is 0.125 e. The molecule has 3 heteroatoms. The van der Waals surface area contributed by atoms with Crippen LogP contribution in [0.25, 0.3) is 0 Å². The standard InChI is InChI=1S/C7H14N2O/c1-3-10-6-7-8-4-5-9(7)2/h3-6H2,1-2H3. The van der Waals surface area contributed by atoms with Gasteiger partial charge in [0.15, 0.2) is 0 Å². The van der Waals surface area contributed by atoms with Crippen LogP contribution in [0, 0.1) is 0 Å². The molecule has 1 aliphatic rings.